The first-order chi connectivity index (χ1) is 16.0. The van der Waals surface area contributed by atoms with E-state index in [2.05, 4.69) is 35.1 Å². The van der Waals surface area contributed by atoms with Gasteiger partial charge in [-0.1, -0.05) is 43.6 Å². The summed E-state index contributed by atoms with van der Waals surface area (Å²) in [5.74, 6) is 1.98. The maximum Gasteiger partial charge on any atom is 0.270 e. The molecule has 0 unspecified atom stereocenters. The van der Waals surface area contributed by atoms with Crippen molar-refractivity contribution in [2.45, 2.75) is 39.9 Å². The normalized spacial score (nSPS) is 12.5. The Morgan fingerprint density at radius 2 is 1.82 bits per heavy atom. The summed E-state index contributed by atoms with van der Waals surface area (Å²) in [6, 6.07) is 13.9. The third-order valence-electron chi connectivity index (χ3n) is 5.31. The van der Waals surface area contributed by atoms with Crippen LogP contribution in [-0.2, 0) is 19.6 Å². The van der Waals surface area contributed by atoms with Gasteiger partial charge in [0.1, 0.15) is 10.7 Å². The first-order valence-corrected chi connectivity index (χ1v) is 12.3. The number of nitrogens with one attached hydrogen (secondary N) is 1. The Kier molecular flexibility index (Phi) is 7.85. The number of aromatic nitrogens is 1. The molecule has 6 nitrogen and oxygen atoms in total. The average Bonchev–Trinajstić information content (AvgIpc) is 3.44. The van der Waals surface area contributed by atoms with Gasteiger partial charge in [0.25, 0.3) is 5.91 Å². The Labute approximate surface area is 203 Å². The zero-order valence-corrected chi connectivity index (χ0v) is 20.4. The second-order valence-electron chi connectivity index (χ2n) is 8.52. The summed E-state index contributed by atoms with van der Waals surface area (Å²) in [5.41, 5.74) is 2.76. The first-order valence-electron chi connectivity index (χ1n) is 11.0. The molecule has 1 aliphatic rings. The largest absolute Gasteiger partial charge is 0.454 e. The molecular formula is C25H28ClN3O3S. The maximum atomic E-state index is 12.4. The van der Waals surface area contributed by atoms with Crippen LogP contribution in [0.1, 0.15) is 46.9 Å². The first kappa shape index (κ1) is 23.5. The second kappa shape index (κ2) is 11.0. The number of carbonyl (C=O) groups is 1. The minimum absolute atomic E-state index is 0.113. The molecular weight excluding hydrogens is 458 g/mol. The van der Waals surface area contributed by atoms with Crippen molar-refractivity contribution < 1.29 is 14.3 Å². The van der Waals surface area contributed by atoms with Crippen molar-refractivity contribution in [1.29, 1.82) is 0 Å². The van der Waals surface area contributed by atoms with Crippen LogP contribution in [0, 0.1) is 5.92 Å². The minimum Gasteiger partial charge on any atom is -0.454 e. The van der Waals surface area contributed by atoms with E-state index in [9.17, 15) is 4.79 Å². The zero-order chi connectivity index (χ0) is 23.2. The van der Waals surface area contributed by atoms with Crippen molar-refractivity contribution in [3.05, 3.63) is 74.7 Å². The van der Waals surface area contributed by atoms with E-state index in [0.717, 1.165) is 40.6 Å². The van der Waals surface area contributed by atoms with Crippen molar-refractivity contribution in [2.75, 3.05) is 13.3 Å². The number of rotatable bonds is 10. The fourth-order valence-electron chi connectivity index (χ4n) is 3.56. The molecule has 0 atom stereocenters. The maximum absolute atomic E-state index is 12.4. The van der Waals surface area contributed by atoms with Crippen LogP contribution in [0.5, 0.6) is 11.5 Å². The van der Waals surface area contributed by atoms with E-state index in [0.29, 0.717) is 36.3 Å². The Hall–Kier alpha value is -2.61. The van der Waals surface area contributed by atoms with Crippen LogP contribution in [-0.4, -0.2) is 29.1 Å². The van der Waals surface area contributed by atoms with Crippen LogP contribution in [0.3, 0.4) is 0 Å². The Balaban J connectivity index is 1.46. The zero-order valence-electron chi connectivity index (χ0n) is 18.8. The molecule has 1 aliphatic heterocycles. The number of carbonyl (C=O) groups excluding carboxylic acids is 1. The van der Waals surface area contributed by atoms with Crippen molar-refractivity contribution in [2.24, 2.45) is 5.92 Å². The van der Waals surface area contributed by atoms with E-state index in [1.807, 2.05) is 41.8 Å². The summed E-state index contributed by atoms with van der Waals surface area (Å²) >= 11 is 7.57. The van der Waals surface area contributed by atoms with Gasteiger partial charge in [0.2, 0.25) is 6.79 Å². The fourth-order valence-corrected chi connectivity index (χ4v) is 4.50. The molecule has 33 heavy (non-hydrogen) atoms. The lowest BCUT2D eigenvalue weighted by atomic mass is 10.1. The van der Waals surface area contributed by atoms with Gasteiger partial charge < -0.3 is 14.8 Å². The molecule has 0 bridgehead atoms. The van der Waals surface area contributed by atoms with Crippen LogP contribution >= 0.6 is 22.9 Å². The average molecular weight is 486 g/mol. The molecule has 0 saturated carbocycles. The highest BCUT2D eigenvalue weighted by Gasteiger charge is 2.17. The van der Waals surface area contributed by atoms with Crippen molar-refractivity contribution in [1.82, 2.24) is 15.2 Å². The fraction of sp³-hybridized carbons (Fsp3) is 0.360. The standard InChI is InChI=1S/C25H28ClN3O3S/c1-17(2)9-10-27-25(30)21-15-33-24(28-21)14-29(12-18-3-6-20(26)7-4-18)13-19-5-8-22-23(11-19)32-16-31-22/h3-8,11,15,17H,9-10,12-14,16H2,1-2H3,(H,27,30). The predicted octanol–water partition coefficient (Wildman–Crippen LogP) is 5.50. The molecule has 0 saturated heterocycles. The number of hydrogen-bond acceptors (Lipinski definition) is 6. The molecule has 2 aromatic carbocycles. The molecule has 174 valence electrons. The van der Waals surface area contributed by atoms with Gasteiger partial charge in [0.05, 0.1) is 6.54 Å². The molecule has 8 heteroatoms. The number of nitrogens with zero attached hydrogens (tertiary/aromatic N) is 2. The lowest BCUT2D eigenvalue weighted by Crippen LogP contribution is -2.26. The van der Waals surface area contributed by atoms with Gasteiger partial charge in [0, 0.05) is 30.0 Å². The van der Waals surface area contributed by atoms with Gasteiger partial charge in [-0.3, -0.25) is 9.69 Å². The molecule has 0 fully saturated rings. The van der Waals surface area contributed by atoms with Gasteiger partial charge in [0.15, 0.2) is 11.5 Å². The Bertz CT molecular complexity index is 1080. The number of fused-ring (bicyclic) bond motifs is 1. The summed E-state index contributed by atoms with van der Waals surface area (Å²) in [5, 5.41) is 6.41. The summed E-state index contributed by atoms with van der Waals surface area (Å²) in [7, 11) is 0. The molecule has 1 N–H and O–H groups in total. The minimum atomic E-state index is -0.113. The van der Waals surface area contributed by atoms with E-state index in [1.165, 1.54) is 11.3 Å². The van der Waals surface area contributed by atoms with Gasteiger partial charge in [-0.05, 0) is 47.7 Å². The lowest BCUT2D eigenvalue weighted by Gasteiger charge is -2.22. The summed E-state index contributed by atoms with van der Waals surface area (Å²) in [6.07, 6.45) is 0.952. The van der Waals surface area contributed by atoms with Crippen molar-refractivity contribution in [3.63, 3.8) is 0 Å². The monoisotopic (exact) mass is 485 g/mol. The molecule has 4 rings (SSSR count). The van der Waals surface area contributed by atoms with Crippen molar-refractivity contribution in [3.8, 4) is 11.5 Å². The summed E-state index contributed by atoms with van der Waals surface area (Å²) in [6.45, 7) is 7.26. The van der Waals surface area contributed by atoms with Crippen LogP contribution in [0.15, 0.2) is 47.8 Å². The van der Waals surface area contributed by atoms with Crippen LogP contribution in [0.25, 0.3) is 0 Å². The Morgan fingerprint density at radius 1 is 1.09 bits per heavy atom. The molecule has 1 amide bonds. The van der Waals surface area contributed by atoms with E-state index in [-0.39, 0.29) is 12.7 Å². The quantitative estimate of drug-likeness (QED) is 0.410. The molecule has 1 aromatic heterocycles. The van der Waals surface area contributed by atoms with Crippen LogP contribution < -0.4 is 14.8 Å². The highest BCUT2D eigenvalue weighted by Crippen LogP contribution is 2.33. The van der Waals surface area contributed by atoms with Crippen molar-refractivity contribution >= 4 is 28.8 Å². The number of hydrogen-bond donors (Lipinski definition) is 1. The summed E-state index contributed by atoms with van der Waals surface area (Å²) < 4.78 is 11.0. The predicted molar refractivity (Wildman–Crippen MR) is 131 cm³/mol. The molecule has 2 heterocycles. The third kappa shape index (κ3) is 6.69. The second-order valence-corrected chi connectivity index (χ2v) is 9.90. The van der Waals surface area contributed by atoms with E-state index in [1.54, 1.807) is 0 Å². The van der Waals surface area contributed by atoms with E-state index in [4.69, 9.17) is 21.1 Å². The SMILES string of the molecule is CC(C)CCNC(=O)c1csc(CN(Cc2ccc(Cl)cc2)Cc2ccc3c(c2)OCO3)n1. The van der Waals surface area contributed by atoms with Gasteiger partial charge >= 0.3 is 0 Å². The lowest BCUT2D eigenvalue weighted by molar-refractivity contribution is 0.0947. The van der Waals surface area contributed by atoms with E-state index < -0.39 is 0 Å². The molecule has 0 radical (unpaired) electrons. The highest BCUT2D eigenvalue weighted by atomic mass is 35.5. The molecule has 3 aromatic rings. The number of amides is 1. The van der Waals surface area contributed by atoms with Crippen LogP contribution in [0.4, 0.5) is 0 Å². The topological polar surface area (TPSA) is 63.7 Å². The van der Waals surface area contributed by atoms with Crippen LogP contribution in [0.2, 0.25) is 5.02 Å². The number of halogens is 1. The van der Waals surface area contributed by atoms with Gasteiger partial charge in [-0.2, -0.15) is 0 Å². The number of benzene rings is 2. The highest BCUT2D eigenvalue weighted by molar-refractivity contribution is 7.09. The molecule has 0 aliphatic carbocycles. The number of ether oxygens (including phenoxy) is 2. The Morgan fingerprint density at radius 3 is 2.61 bits per heavy atom. The number of thiazole rings is 1. The summed E-state index contributed by atoms with van der Waals surface area (Å²) in [4.78, 5) is 19.3. The van der Waals surface area contributed by atoms with Gasteiger partial charge in [-0.15, -0.1) is 11.3 Å². The third-order valence-corrected chi connectivity index (χ3v) is 6.40. The molecule has 0 spiro atoms. The van der Waals surface area contributed by atoms with Gasteiger partial charge in [-0.25, -0.2) is 4.98 Å². The smallest absolute Gasteiger partial charge is 0.270 e. The van der Waals surface area contributed by atoms with E-state index >= 15 is 0 Å².